The molecule has 118 valence electrons. The third-order valence-corrected chi connectivity index (χ3v) is 3.32. The SMILES string of the molecule is CCOc1ccc(C(=O)N(CC)C(C)CN(C)C)cc1N. The van der Waals surface area contributed by atoms with E-state index >= 15 is 0 Å². The Kier molecular flexibility index (Phi) is 6.49. The van der Waals surface area contributed by atoms with Gasteiger partial charge < -0.3 is 20.3 Å². The molecule has 1 unspecified atom stereocenters. The normalized spacial score (nSPS) is 12.3. The number of likely N-dealkylation sites (N-methyl/N-ethyl adjacent to an activating group) is 2. The maximum atomic E-state index is 12.6. The van der Waals surface area contributed by atoms with Crippen LogP contribution in [0.15, 0.2) is 18.2 Å². The summed E-state index contributed by atoms with van der Waals surface area (Å²) in [5, 5.41) is 0. The van der Waals surface area contributed by atoms with Crippen LogP contribution >= 0.6 is 0 Å². The van der Waals surface area contributed by atoms with E-state index in [2.05, 4.69) is 11.8 Å². The fraction of sp³-hybridized carbons (Fsp3) is 0.562. The minimum atomic E-state index is 0.00148. The Morgan fingerprint density at radius 3 is 2.48 bits per heavy atom. The first-order chi connectivity index (χ1) is 9.90. The van der Waals surface area contributed by atoms with Crippen molar-refractivity contribution in [3.05, 3.63) is 23.8 Å². The van der Waals surface area contributed by atoms with Gasteiger partial charge in [0.05, 0.1) is 12.3 Å². The first kappa shape index (κ1) is 17.3. The minimum absolute atomic E-state index is 0.00148. The van der Waals surface area contributed by atoms with E-state index < -0.39 is 0 Å². The van der Waals surface area contributed by atoms with Crippen LogP contribution in [0.3, 0.4) is 0 Å². The second-order valence-corrected chi connectivity index (χ2v) is 5.39. The molecule has 0 fully saturated rings. The molecule has 0 aliphatic carbocycles. The van der Waals surface area contributed by atoms with Crippen LogP contribution in [-0.4, -0.2) is 55.5 Å². The van der Waals surface area contributed by atoms with Gasteiger partial charge in [0.25, 0.3) is 5.91 Å². The van der Waals surface area contributed by atoms with E-state index in [0.29, 0.717) is 30.2 Å². The molecular formula is C16H27N3O2. The maximum Gasteiger partial charge on any atom is 0.254 e. The number of carbonyl (C=O) groups is 1. The highest BCUT2D eigenvalue weighted by molar-refractivity contribution is 5.95. The molecule has 0 aliphatic heterocycles. The highest BCUT2D eigenvalue weighted by atomic mass is 16.5. The molecule has 1 aromatic carbocycles. The van der Waals surface area contributed by atoms with Gasteiger partial charge in [0.1, 0.15) is 5.75 Å². The third-order valence-electron chi connectivity index (χ3n) is 3.32. The summed E-state index contributed by atoms with van der Waals surface area (Å²) < 4.78 is 5.40. The topological polar surface area (TPSA) is 58.8 Å². The molecule has 1 aromatic rings. The number of ether oxygens (including phenoxy) is 1. The van der Waals surface area contributed by atoms with Crippen molar-refractivity contribution in [2.75, 3.05) is 39.5 Å². The summed E-state index contributed by atoms with van der Waals surface area (Å²) in [6.07, 6.45) is 0. The fourth-order valence-electron chi connectivity index (χ4n) is 2.42. The summed E-state index contributed by atoms with van der Waals surface area (Å²) in [7, 11) is 4.01. The second-order valence-electron chi connectivity index (χ2n) is 5.39. The maximum absolute atomic E-state index is 12.6. The Hall–Kier alpha value is -1.75. The Bertz CT molecular complexity index is 475. The Morgan fingerprint density at radius 1 is 1.33 bits per heavy atom. The van der Waals surface area contributed by atoms with Crippen LogP contribution in [0.4, 0.5) is 5.69 Å². The molecule has 5 nitrogen and oxygen atoms in total. The lowest BCUT2D eigenvalue weighted by molar-refractivity contribution is 0.0679. The van der Waals surface area contributed by atoms with Crippen molar-refractivity contribution in [3.8, 4) is 5.75 Å². The van der Waals surface area contributed by atoms with Crippen molar-refractivity contribution in [2.24, 2.45) is 0 Å². The van der Waals surface area contributed by atoms with Crippen LogP contribution in [0.2, 0.25) is 0 Å². The number of nitrogen functional groups attached to an aromatic ring is 1. The van der Waals surface area contributed by atoms with Gasteiger partial charge in [0.2, 0.25) is 0 Å². The van der Waals surface area contributed by atoms with Gasteiger partial charge in [-0.15, -0.1) is 0 Å². The van der Waals surface area contributed by atoms with Gasteiger partial charge in [-0.05, 0) is 53.1 Å². The van der Waals surface area contributed by atoms with E-state index in [0.717, 1.165) is 6.54 Å². The van der Waals surface area contributed by atoms with Gasteiger partial charge in [-0.25, -0.2) is 0 Å². The van der Waals surface area contributed by atoms with E-state index in [-0.39, 0.29) is 11.9 Å². The van der Waals surface area contributed by atoms with E-state index in [1.807, 2.05) is 32.8 Å². The molecule has 0 aromatic heterocycles. The Morgan fingerprint density at radius 2 is 2.00 bits per heavy atom. The molecule has 0 saturated heterocycles. The minimum Gasteiger partial charge on any atom is -0.492 e. The number of benzene rings is 1. The highest BCUT2D eigenvalue weighted by Crippen LogP contribution is 2.23. The molecule has 1 amide bonds. The van der Waals surface area contributed by atoms with E-state index in [1.54, 1.807) is 18.2 Å². The van der Waals surface area contributed by atoms with Crippen molar-refractivity contribution in [1.29, 1.82) is 0 Å². The molecule has 5 heteroatoms. The number of rotatable bonds is 7. The molecule has 0 radical (unpaired) electrons. The number of hydrogen-bond donors (Lipinski definition) is 1. The molecule has 0 saturated carbocycles. The van der Waals surface area contributed by atoms with Gasteiger partial charge in [-0.3, -0.25) is 4.79 Å². The van der Waals surface area contributed by atoms with Crippen LogP contribution in [0.5, 0.6) is 5.75 Å². The summed E-state index contributed by atoms with van der Waals surface area (Å²) in [4.78, 5) is 16.6. The van der Waals surface area contributed by atoms with Crippen LogP contribution < -0.4 is 10.5 Å². The third kappa shape index (κ3) is 4.63. The van der Waals surface area contributed by atoms with Crippen LogP contribution in [0, 0.1) is 0 Å². The summed E-state index contributed by atoms with van der Waals surface area (Å²) in [5.74, 6) is 0.625. The Balaban J connectivity index is 2.92. The lowest BCUT2D eigenvalue weighted by Crippen LogP contribution is -2.43. The average molecular weight is 293 g/mol. The molecule has 21 heavy (non-hydrogen) atoms. The lowest BCUT2D eigenvalue weighted by atomic mass is 10.1. The van der Waals surface area contributed by atoms with Crippen LogP contribution in [-0.2, 0) is 0 Å². The van der Waals surface area contributed by atoms with E-state index in [1.165, 1.54) is 0 Å². The van der Waals surface area contributed by atoms with Crippen molar-refractivity contribution in [2.45, 2.75) is 26.8 Å². The predicted octanol–water partition coefficient (Wildman–Crippen LogP) is 2.08. The van der Waals surface area contributed by atoms with Crippen molar-refractivity contribution in [1.82, 2.24) is 9.80 Å². The molecule has 2 N–H and O–H groups in total. The zero-order valence-corrected chi connectivity index (χ0v) is 13.7. The van der Waals surface area contributed by atoms with Crippen molar-refractivity contribution in [3.63, 3.8) is 0 Å². The molecule has 1 rings (SSSR count). The van der Waals surface area contributed by atoms with Gasteiger partial charge in [0, 0.05) is 24.7 Å². The first-order valence-corrected chi connectivity index (χ1v) is 7.38. The Labute approximate surface area is 127 Å². The van der Waals surface area contributed by atoms with Crippen molar-refractivity contribution < 1.29 is 9.53 Å². The number of carbonyl (C=O) groups excluding carboxylic acids is 1. The summed E-state index contributed by atoms with van der Waals surface area (Å²) in [6.45, 7) is 7.99. The quantitative estimate of drug-likeness (QED) is 0.782. The number of amides is 1. The second kappa shape index (κ2) is 7.88. The number of nitrogens with two attached hydrogens (primary N) is 1. The van der Waals surface area contributed by atoms with Gasteiger partial charge in [-0.2, -0.15) is 0 Å². The zero-order valence-electron chi connectivity index (χ0n) is 13.7. The smallest absolute Gasteiger partial charge is 0.254 e. The predicted molar refractivity (Wildman–Crippen MR) is 86.7 cm³/mol. The summed E-state index contributed by atoms with van der Waals surface area (Å²) >= 11 is 0. The molecule has 1 atom stereocenters. The number of hydrogen-bond acceptors (Lipinski definition) is 4. The molecule has 0 bridgehead atoms. The fourth-order valence-corrected chi connectivity index (χ4v) is 2.42. The number of nitrogens with zero attached hydrogens (tertiary/aromatic N) is 2. The zero-order chi connectivity index (χ0) is 16.0. The number of anilines is 1. The van der Waals surface area contributed by atoms with Crippen LogP contribution in [0.1, 0.15) is 31.1 Å². The van der Waals surface area contributed by atoms with Crippen LogP contribution in [0.25, 0.3) is 0 Å². The van der Waals surface area contributed by atoms with Gasteiger partial charge in [-0.1, -0.05) is 0 Å². The standard InChI is InChI=1S/C16H27N3O2/c1-6-19(12(3)11-18(4)5)16(20)13-8-9-15(21-7-2)14(17)10-13/h8-10,12H,6-7,11,17H2,1-5H3. The molecule has 0 heterocycles. The van der Waals surface area contributed by atoms with E-state index in [4.69, 9.17) is 10.5 Å². The largest absolute Gasteiger partial charge is 0.492 e. The summed E-state index contributed by atoms with van der Waals surface area (Å²) in [5.41, 5.74) is 7.04. The molecular weight excluding hydrogens is 266 g/mol. The molecule has 0 aliphatic rings. The monoisotopic (exact) mass is 293 g/mol. The van der Waals surface area contributed by atoms with Gasteiger partial charge in [0.15, 0.2) is 0 Å². The highest BCUT2D eigenvalue weighted by Gasteiger charge is 2.21. The summed E-state index contributed by atoms with van der Waals surface area (Å²) in [6, 6.07) is 5.37. The first-order valence-electron chi connectivity index (χ1n) is 7.38. The molecule has 0 spiro atoms. The lowest BCUT2D eigenvalue weighted by Gasteiger charge is -2.30. The van der Waals surface area contributed by atoms with E-state index in [9.17, 15) is 4.79 Å². The average Bonchev–Trinajstić information content (AvgIpc) is 2.41. The van der Waals surface area contributed by atoms with Gasteiger partial charge >= 0.3 is 0 Å². The van der Waals surface area contributed by atoms with Crippen molar-refractivity contribution >= 4 is 11.6 Å².